The number of aryl methyl sites for hydroxylation is 1. The molecular weight excluding hydrogens is 282 g/mol. The van der Waals surface area contributed by atoms with Gasteiger partial charge in [-0.15, -0.1) is 0 Å². The Bertz CT molecular complexity index is 663. The first-order valence-electron chi connectivity index (χ1n) is 5.94. The molecule has 0 radical (unpaired) electrons. The Balaban J connectivity index is 2.28. The molecule has 1 amide bonds. The molecule has 0 aliphatic heterocycles. The van der Waals surface area contributed by atoms with Crippen molar-refractivity contribution in [3.63, 3.8) is 0 Å². The number of nitrogens with one attached hydrogen (secondary N) is 1. The van der Waals surface area contributed by atoms with Crippen molar-refractivity contribution < 1.29 is 19.1 Å². The minimum atomic E-state index is -1.21. The van der Waals surface area contributed by atoms with Crippen molar-refractivity contribution >= 4 is 29.2 Å². The van der Waals surface area contributed by atoms with Crippen LogP contribution in [0.5, 0.6) is 0 Å². The number of carbonyl (C=O) groups is 2. The van der Waals surface area contributed by atoms with Crippen LogP contribution in [0.1, 0.15) is 33.6 Å². The van der Waals surface area contributed by atoms with Crippen molar-refractivity contribution in [1.82, 2.24) is 0 Å². The molecule has 5 nitrogen and oxygen atoms in total. The van der Waals surface area contributed by atoms with Gasteiger partial charge in [0.2, 0.25) is 0 Å². The Morgan fingerprint density at radius 3 is 2.65 bits per heavy atom. The van der Waals surface area contributed by atoms with E-state index >= 15 is 0 Å². The summed E-state index contributed by atoms with van der Waals surface area (Å²) in [4.78, 5) is 23.1. The number of anilines is 1. The van der Waals surface area contributed by atoms with E-state index in [9.17, 15) is 9.59 Å². The van der Waals surface area contributed by atoms with Crippen LogP contribution >= 0.6 is 11.6 Å². The lowest BCUT2D eigenvalue weighted by molar-refractivity contribution is 0.0698. The summed E-state index contributed by atoms with van der Waals surface area (Å²) in [5.41, 5.74) is -0.0192. The third-order valence-electron chi connectivity index (χ3n) is 2.71. The van der Waals surface area contributed by atoms with E-state index in [1.54, 1.807) is 18.2 Å². The van der Waals surface area contributed by atoms with Gasteiger partial charge in [0.15, 0.2) is 5.76 Å². The number of carboxylic acid groups (broad SMARTS) is 1. The summed E-state index contributed by atoms with van der Waals surface area (Å²) in [5.74, 6) is -0.924. The SMILES string of the molecule is CCc1ccc(C(=O)Nc2cccc(Cl)c2C(=O)O)o1. The van der Waals surface area contributed by atoms with Gasteiger partial charge in [-0.05, 0) is 24.3 Å². The number of hydrogen-bond donors (Lipinski definition) is 2. The lowest BCUT2D eigenvalue weighted by atomic mass is 10.1. The maximum Gasteiger partial charge on any atom is 0.339 e. The number of carbonyl (C=O) groups excluding carboxylic acids is 1. The topological polar surface area (TPSA) is 79.5 Å². The third kappa shape index (κ3) is 2.83. The molecule has 0 aliphatic carbocycles. The highest BCUT2D eigenvalue weighted by Gasteiger charge is 2.18. The number of aromatic carboxylic acids is 1. The molecule has 0 fully saturated rings. The van der Waals surface area contributed by atoms with E-state index < -0.39 is 11.9 Å². The Kier molecular flexibility index (Phi) is 4.10. The lowest BCUT2D eigenvalue weighted by Gasteiger charge is -2.08. The zero-order chi connectivity index (χ0) is 14.7. The lowest BCUT2D eigenvalue weighted by Crippen LogP contribution is -2.14. The van der Waals surface area contributed by atoms with E-state index in [0.29, 0.717) is 12.2 Å². The van der Waals surface area contributed by atoms with Gasteiger partial charge in [-0.3, -0.25) is 4.79 Å². The molecule has 2 N–H and O–H groups in total. The molecule has 1 aromatic carbocycles. The first-order chi connectivity index (χ1) is 9.52. The van der Waals surface area contributed by atoms with E-state index in [-0.39, 0.29) is 22.0 Å². The maximum atomic E-state index is 12.0. The van der Waals surface area contributed by atoms with Crippen LogP contribution in [0.4, 0.5) is 5.69 Å². The molecule has 1 aromatic heterocycles. The summed E-state index contributed by atoms with van der Waals surface area (Å²) in [6.45, 7) is 1.90. The van der Waals surface area contributed by atoms with Gasteiger partial charge in [0, 0.05) is 6.42 Å². The van der Waals surface area contributed by atoms with Gasteiger partial charge in [-0.25, -0.2) is 4.79 Å². The first kappa shape index (κ1) is 14.1. The normalized spacial score (nSPS) is 10.3. The monoisotopic (exact) mass is 293 g/mol. The summed E-state index contributed by atoms with van der Waals surface area (Å²) < 4.78 is 5.30. The quantitative estimate of drug-likeness (QED) is 0.905. The van der Waals surface area contributed by atoms with Gasteiger partial charge in [-0.2, -0.15) is 0 Å². The summed E-state index contributed by atoms with van der Waals surface area (Å²) in [6.07, 6.45) is 0.671. The van der Waals surface area contributed by atoms with Crippen molar-refractivity contribution in [3.05, 3.63) is 52.4 Å². The molecule has 0 spiro atoms. The van der Waals surface area contributed by atoms with Gasteiger partial charge in [-0.1, -0.05) is 24.6 Å². The zero-order valence-corrected chi connectivity index (χ0v) is 11.4. The highest BCUT2D eigenvalue weighted by atomic mass is 35.5. The Labute approximate surface area is 120 Å². The Hall–Kier alpha value is -2.27. The van der Waals surface area contributed by atoms with E-state index in [4.69, 9.17) is 21.1 Å². The van der Waals surface area contributed by atoms with Crippen LogP contribution in [0.3, 0.4) is 0 Å². The van der Waals surface area contributed by atoms with Gasteiger partial charge in [0.05, 0.1) is 10.7 Å². The second kappa shape index (κ2) is 5.79. The molecule has 0 bridgehead atoms. The average molecular weight is 294 g/mol. The summed E-state index contributed by atoms with van der Waals surface area (Å²) in [6, 6.07) is 7.72. The van der Waals surface area contributed by atoms with Crippen molar-refractivity contribution in [3.8, 4) is 0 Å². The highest BCUT2D eigenvalue weighted by Crippen LogP contribution is 2.25. The second-order valence-electron chi connectivity index (χ2n) is 4.04. The number of halogens is 1. The molecule has 6 heteroatoms. The molecule has 0 saturated heterocycles. The number of rotatable bonds is 4. The van der Waals surface area contributed by atoms with Gasteiger partial charge in [0.1, 0.15) is 11.3 Å². The fraction of sp³-hybridized carbons (Fsp3) is 0.143. The largest absolute Gasteiger partial charge is 0.478 e. The van der Waals surface area contributed by atoms with Crippen molar-refractivity contribution in [1.29, 1.82) is 0 Å². The molecule has 0 aliphatic rings. The van der Waals surface area contributed by atoms with E-state index in [2.05, 4.69) is 5.32 Å². The molecular formula is C14H12ClNO4. The van der Waals surface area contributed by atoms with Crippen LogP contribution in [-0.4, -0.2) is 17.0 Å². The minimum Gasteiger partial charge on any atom is -0.478 e. The van der Waals surface area contributed by atoms with Crippen molar-refractivity contribution in [2.45, 2.75) is 13.3 Å². The highest BCUT2D eigenvalue weighted by molar-refractivity contribution is 6.34. The molecule has 2 aromatic rings. The Morgan fingerprint density at radius 2 is 2.05 bits per heavy atom. The molecule has 104 valence electrons. The van der Waals surface area contributed by atoms with E-state index in [1.165, 1.54) is 12.1 Å². The molecule has 1 heterocycles. The number of amides is 1. The molecule has 20 heavy (non-hydrogen) atoms. The molecule has 0 atom stereocenters. The van der Waals surface area contributed by atoms with Gasteiger partial charge < -0.3 is 14.8 Å². The minimum absolute atomic E-state index is 0.0593. The smallest absolute Gasteiger partial charge is 0.339 e. The fourth-order valence-electron chi connectivity index (χ4n) is 1.72. The van der Waals surface area contributed by atoms with Crippen LogP contribution in [0.15, 0.2) is 34.7 Å². The summed E-state index contributed by atoms with van der Waals surface area (Å²) >= 11 is 5.82. The number of benzene rings is 1. The predicted molar refractivity (Wildman–Crippen MR) is 74.5 cm³/mol. The van der Waals surface area contributed by atoms with Crippen molar-refractivity contribution in [2.24, 2.45) is 0 Å². The number of furan rings is 1. The van der Waals surface area contributed by atoms with E-state index in [0.717, 1.165) is 0 Å². The van der Waals surface area contributed by atoms with Crippen LogP contribution in [-0.2, 0) is 6.42 Å². The average Bonchev–Trinajstić information content (AvgIpc) is 2.87. The van der Waals surface area contributed by atoms with Crippen molar-refractivity contribution in [2.75, 3.05) is 5.32 Å². The standard InChI is InChI=1S/C14H12ClNO4/c1-2-8-6-7-11(20-8)13(17)16-10-5-3-4-9(15)12(10)14(18)19/h3-7H,2H2,1H3,(H,16,17)(H,18,19). The molecule has 0 saturated carbocycles. The molecule has 2 rings (SSSR count). The maximum absolute atomic E-state index is 12.0. The Morgan fingerprint density at radius 1 is 1.30 bits per heavy atom. The second-order valence-corrected chi connectivity index (χ2v) is 4.45. The number of hydrogen-bond acceptors (Lipinski definition) is 3. The predicted octanol–water partition coefficient (Wildman–Crippen LogP) is 3.45. The van der Waals surface area contributed by atoms with Crippen LogP contribution in [0, 0.1) is 0 Å². The van der Waals surface area contributed by atoms with Crippen LogP contribution in [0.25, 0.3) is 0 Å². The summed E-state index contributed by atoms with van der Waals surface area (Å²) in [7, 11) is 0. The third-order valence-corrected chi connectivity index (χ3v) is 3.02. The van der Waals surface area contributed by atoms with Gasteiger partial charge in [0.25, 0.3) is 5.91 Å². The number of carboxylic acids is 1. The van der Waals surface area contributed by atoms with Crippen LogP contribution < -0.4 is 5.32 Å². The van der Waals surface area contributed by atoms with Crippen LogP contribution in [0.2, 0.25) is 5.02 Å². The fourth-order valence-corrected chi connectivity index (χ4v) is 1.97. The first-order valence-corrected chi connectivity index (χ1v) is 6.32. The van der Waals surface area contributed by atoms with Gasteiger partial charge >= 0.3 is 5.97 Å². The zero-order valence-electron chi connectivity index (χ0n) is 10.6. The van der Waals surface area contributed by atoms with E-state index in [1.807, 2.05) is 6.92 Å². The summed E-state index contributed by atoms with van der Waals surface area (Å²) in [5, 5.41) is 11.7. The molecule has 0 unspecified atom stereocenters.